The highest BCUT2D eigenvalue weighted by Crippen LogP contribution is 2.16. The summed E-state index contributed by atoms with van der Waals surface area (Å²) in [4.78, 5) is 38.9. The fourth-order valence-corrected chi connectivity index (χ4v) is 3.37. The maximum Gasteiger partial charge on any atom is 0.308 e. The van der Waals surface area contributed by atoms with Gasteiger partial charge in [-0.2, -0.15) is 0 Å². The van der Waals surface area contributed by atoms with E-state index in [1.165, 1.54) is 0 Å². The van der Waals surface area contributed by atoms with E-state index in [2.05, 4.69) is 24.5 Å². The number of nitrogens with one attached hydrogen (secondary N) is 2. The molecule has 0 saturated carbocycles. The number of rotatable bonds is 9. The summed E-state index contributed by atoms with van der Waals surface area (Å²) in [6.07, 6.45) is 1.22. The zero-order valence-corrected chi connectivity index (χ0v) is 20.0. The molecule has 0 aliphatic carbocycles. The fraction of sp³-hybridized carbons (Fsp3) is 0.565. The summed E-state index contributed by atoms with van der Waals surface area (Å²) in [7, 11) is 0. The van der Waals surface area contributed by atoms with Gasteiger partial charge in [0.2, 0.25) is 5.91 Å². The van der Waals surface area contributed by atoms with E-state index in [-0.39, 0.29) is 23.5 Å². The number of nitrogens with zero attached hydrogens (tertiary/aromatic N) is 1. The third kappa shape index (κ3) is 7.78. The van der Waals surface area contributed by atoms with Crippen molar-refractivity contribution in [3.05, 3.63) is 29.8 Å². The topological polar surface area (TPSA) is 97.0 Å². The molecule has 2 unspecified atom stereocenters. The van der Waals surface area contributed by atoms with Gasteiger partial charge in [0.05, 0.1) is 19.1 Å². The molecule has 8 nitrogen and oxygen atoms in total. The molecule has 1 aromatic carbocycles. The first-order valence-electron chi connectivity index (χ1n) is 11.0. The lowest BCUT2D eigenvalue weighted by molar-refractivity contribution is -0.151. The number of amides is 2. The first-order chi connectivity index (χ1) is 15.2. The summed E-state index contributed by atoms with van der Waals surface area (Å²) in [6.45, 7) is 9.25. The Morgan fingerprint density at radius 3 is 2.75 bits per heavy atom. The molecule has 2 amide bonds. The number of piperazine rings is 1. The maximum absolute atomic E-state index is 12.8. The van der Waals surface area contributed by atoms with Crippen LogP contribution >= 0.6 is 12.2 Å². The van der Waals surface area contributed by atoms with Crippen LogP contribution in [0.25, 0.3) is 0 Å². The van der Waals surface area contributed by atoms with E-state index >= 15 is 0 Å². The van der Waals surface area contributed by atoms with Crippen LogP contribution in [0.4, 0.5) is 0 Å². The van der Waals surface area contributed by atoms with E-state index in [0.717, 1.165) is 6.42 Å². The summed E-state index contributed by atoms with van der Waals surface area (Å²) in [5.74, 6) is -0.0826. The molecule has 1 saturated heterocycles. The van der Waals surface area contributed by atoms with Gasteiger partial charge in [-0.25, -0.2) is 0 Å². The van der Waals surface area contributed by atoms with Crippen LogP contribution in [0, 0.1) is 5.92 Å². The van der Waals surface area contributed by atoms with Crippen LogP contribution in [0.15, 0.2) is 24.3 Å². The Labute approximate surface area is 195 Å². The van der Waals surface area contributed by atoms with Gasteiger partial charge in [-0.15, -0.1) is 0 Å². The molecule has 0 aromatic heterocycles. The van der Waals surface area contributed by atoms with Gasteiger partial charge in [0.25, 0.3) is 5.91 Å². The van der Waals surface area contributed by atoms with Gasteiger partial charge in [-0.3, -0.25) is 19.7 Å². The minimum atomic E-state index is -0.834. The molecule has 1 heterocycles. The third-order valence-electron chi connectivity index (χ3n) is 5.14. The van der Waals surface area contributed by atoms with Crippen molar-refractivity contribution < 1.29 is 23.9 Å². The number of carbonyl (C=O) groups is 3. The Kier molecular flexibility index (Phi) is 9.90. The van der Waals surface area contributed by atoms with E-state index in [4.69, 9.17) is 21.7 Å². The van der Waals surface area contributed by atoms with Crippen LogP contribution in [0.5, 0.6) is 5.75 Å². The minimum Gasteiger partial charge on any atom is -0.494 e. The molecule has 0 spiro atoms. The molecule has 1 aliphatic heterocycles. The smallest absolute Gasteiger partial charge is 0.308 e. The molecule has 1 aromatic rings. The molecule has 2 N–H and O–H groups in total. The molecule has 176 valence electrons. The third-order valence-corrected chi connectivity index (χ3v) is 5.48. The van der Waals surface area contributed by atoms with Gasteiger partial charge in [0.15, 0.2) is 5.11 Å². The van der Waals surface area contributed by atoms with Crippen LogP contribution < -0.4 is 15.4 Å². The normalized spacial score (nSPS) is 16.8. The first kappa shape index (κ1) is 25.6. The van der Waals surface area contributed by atoms with Gasteiger partial charge in [0, 0.05) is 18.7 Å². The molecule has 2 rings (SSSR count). The van der Waals surface area contributed by atoms with Crippen molar-refractivity contribution in [2.75, 3.05) is 19.7 Å². The van der Waals surface area contributed by atoms with Crippen molar-refractivity contribution in [2.24, 2.45) is 5.92 Å². The van der Waals surface area contributed by atoms with Crippen molar-refractivity contribution in [1.29, 1.82) is 0 Å². The van der Waals surface area contributed by atoms with E-state index in [1.54, 1.807) is 36.1 Å². The lowest BCUT2D eigenvalue weighted by atomic mass is 10.1. The molecule has 9 heteroatoms. The summed E-state index contributed by atoms with van der Waals surface area (Å²) < 4.78 is 11.0. The van der Waals surface area contributed by atoms with Crippen LogP contribution in [0.2, 0.25) is 0 Å². The minimum absolute atomic E-state index is 0.0947. The van der Waals surface area contributed by atoms with Gasteiger partial charge in [-0.05, 0) is 56.1 Å². The Balaban J connectivity index is 2.01. The number of ether oxygens (including phenoxy) is 2. The van der Waals surface area contributed by atoms with Crippen LogP contribution in [0.1, 0.15) is 57.3 Å². The number of esters is 1. The first-order valence-corrected chi connectivity index (χ1v) is 11.4. The quantitative estimate of drug-likeness (QED) is 0.429. The predicted octanol–water partition coefficient (Wildman–Crippen LogP) is 2.66. The monoisotopic (exact) mass is 463 g/mol. The molecule has 2 atom stereocenters. The van der Waals surface area contributed by atoms with Crippen molar-refractivity contribution in [2.45, 2.75) is 59.1 Å². The van der Waals surface area contributed by atoms with Crippen LogP contribution in [0.3, 0.4) is 0 Å². The average molecular weight is 464 g/mol. The Hall–Kier alpha value is -2.68. The number of benzene rings is 1. The average Bonchev–Trinajstić information content (AvgIpc) is 2.74. The SMILES string of the molecule is CCC(C)OC(=O)CC1C(=O)NCCN1C(=S)NC(=O)c1cccc(OCCC(C)C)c1. The van der Waals surface area contributed by atoms with Crippen molar-refractivity contribution in [3.8, 4) is 5.75 Å². The van der Waals surface area contributed by atoms with Crippen molar-refractivity contribution >= 4 is 35.1 Å². The number of hydrogen-bond acceptors (Lipinski definition) is 6. The lowest BCUT2D eigenvalue weighted by Crippen LogP contribution is -2.60. The largest absolute Gasteiger partial charge is 0.494 e. The molecular formula is C23H33N3O5S. The number of thiocarbonyl (C=S) groups is 1. The molecular weight excluding hydrogens is 430 g/mol. The second-order valence-corrected chi connectivity index (χ2v) is 8.62. The highest BCUT2D eigenvalue weighted by Gasteiger charge is 2.34. The van der Waals surface area contributed by atoms with Crippen molar-refractivity contribution in [3.63, 3.8) is 0 Å². The zero-order chi connectivity index (χ0) is 23.7. The molecule has 1 aliphatic rings. The summed E-state index contributed by atoms with van der Waals surface area (Å²) >= 11 is 5.41. The number of carbonyl (C=O) groups excluding carboxylic acids is 3. The predicted molar refractivity (Wildman–Crippen MR) is 125 cm³/mol. The highest BCUT2D eigenvalue weighted by molar-refractivity contribution is 7.80. The van der Waals surface area contributed by atoms with Gasteiger partial charge in [0.1, 0.15) is 11.8 Å². The molecule has 0 bridgehead atoms. The summed E-state index contributed by atoms with van der Waals surface area (Å²) in [5, 5.41) is 5.50. The van der Waals surface area contributed by atoms with E-state index in [1.807, 2.05) is 6.92 Å². The van der Waals surface area contributed by atoms with Gasteiger partial charge < -0.3 is 19.7 Å². The fourth-order valence-electron chi connectivity index (χ4n) is 3.06. The van der Waals surface area contributed by atoms with Gasteiger partial charge in [-0.1, -0.05) is 26.8 Å². The standard InChI is InChI=1S/C23H33N3O5S/c1-5-16(4)31-20(27)14-19-22(29)24-10-11-26(19)23(32)25-21(28)17-7-6-8-18(13-17)30-12-9-15(2)3/h6-8,13,15-16,19H,5,9-12,14H2,1-4H3,(H,24,29)(H,25,28,32). The maximum atomic E-state index is 12.8. The Morgan fingerprint density at radius 1 is 1.31 bits per heavy atom. The zero-order valence-electron chi connectivity index (χ0n) is 19.2. The molecule has 1 fully saturated rings. The van der Waals surface area contributed by atoms with E-state index < -0.39 is 17.9 Å². The number of hydrogen-bond donors (Lipinski definition) is 2. The highest BCUT2D eigenvalue weighted by atomic mass is 32.1. The van der Waals surface area contributed by atoms with E-state index in [0.29, 0.717) is 43.3 Å². The lowest BCUT2D eigenvalue weighted by Gasteiger charge is -2.36. The van der Waals surface area contributed by atoms with Crippen molar-refractivity contribution in [1.82, 2.24) is 15.5 Å². The Morgan fingerprint density at radius 2 is 2.06 bits per heavy atom. The molecule has 0 radical (unpaired) electrons. The van der Waals surface area contributed by atoms with Gasteiger partial charge >= 0.3 is 5.97 Å². The van der Waals surface area contributed by atoms with Crippen LogP contribution in [-0.4, -0.2) is 59.6 Å². The second-order valence-electron chi connectivity index (χ2n) is 8.23. The second kappa shape index (κ2) is 12.4. The van der Waals surface area contributed by atoms with Crippen LogP contribution in [-0.2, 0) is 14.3 Å². The molecule has 32 heavy (non-hydrogen) atoms. The summed E-state index contributed by atoms with van der Waals surface area (Å²) in [5.41, 5.74) is 0.392. The summed E-state index contributed by atoms with van der Waals surface area (Å²) in [6, 6.07) is 6.02. The van der Waals surface area contributed by atoms with E-state index in [9.17, 15) is 14.4 Å². The Bertz CT molecular complexity index is 830.